The van der Waals surface area contributed by atoms with Gasteiger partial charge in [-0.05, 0) is 85.3 Å². The van der Waals surface area contributed by atoms with E-state index in [0.29, 0.717) is 16.9 Å². The monoisotopic (exact) mass is 362 g/mol. The molecule has 0 saturated heterocycles. The van der Waals surface area contributed by atoms with E-state index in [9.17, 15) is 9.90 Å². The third-order valence-electron chi connectivity index (χ3n) is 3.81. The molecule has 3 aromatic carbocycles. The molecule has 0 aliphatic heterocycles. The number of phenolic OH excluding ortho intramolecular Hbond substituents is 1. The van der Waals surface area contributed by atoms with E-state index in [1.54, 1.807) is 36.4 Å². The number of aromatic hydroxyl groups is 1. The largest absolute Gasteiger partial charge is 0.507 e. The zero-order valence-electron chi connectivity index (χ0n) is 14.5. The smallest absolute Gasteiger partial charge is 0.224 e. The quantitative estimate of drug-likeness (QED) is 0.434. The number of benzene rings is 3. The zero-order valence-corrected chi connectivity index (χ0v) is 15.3. The minimum atomic E-state index is -0.00975. The van der Waals surface area contributed by atoms with Gasteiger partial charge in [0, 0.05) is 10.5 Å². The zero-order chi connectivity index (χ0) is 18.5. The Kier molecular flexibility index (Phi) is 5.49. The molecule has 0 spiro atoms. The van der Waals surface area contributed by atoms with Gasteiger partial charge in [-0.25, -0.2) is 0 Å². The van der Waals surface area contributed by atoms with E-state index in [1.165, 1.54) is 11.8 Å². The van der Waals surface area contributed by atoms with Crippen LogP contribution in [0.5, 0.6) is 5.75 Å². The second kappa shape index (κ2) is 7.97. The first-order valence-corrected chi connectivity index (χ1v) is 8.94. The number of hydrogen-bond donors (Lipinski definition) is 1. The molecule has 4 nitrogen and oxygen atoms in total. The van der Waals surface area contributed by atoms with Gasteiger partial charge in [-0.15, -0.1) is 0 Å². The maximum atomic E-state index is 12.3. The molecule has 0 bridgehead atoms. The Bertz CT molecular complexity index is 929. The Balaban J connectivity index is 1.70. The molecule has 0 radical (unpaired) electrons. The standard InChI is InChI=1S/C21H18N2O2S/c1-14-12-18(13-15(2)20(14)24)23-22-17-10-8-16(9-11-17)21(25)26-19-6-4-3-5-7-19/h3-13,24H,1-2H3/b23-22+. The van der Waals surface area contributed by atoms with Gasteiger partial charge in [0.25, 0.3) is 0 Å². The second-order valence-electron chi connectivity index (χ2n) is 5.88. The van der Waals surface area contributed by atoms with Gasteiger partial charge in [-0.3, -0.25) is 4.79 Å². The highest BCUT2D eigenvalue weighted by Crippen LogP contribution is 2.29. The summed E-state index contributed by atoms with van der Waals surface area (Å²) in [5.41, 5.74) is 3.48. The van der Waals surface area contributed by atoms with Crippen molar-refractivity contribution < 1.29 is 9.90 Å². The lowest BCUT2D eigenvalue weighted by Crippen LogP contribution is -1.91. The Hall–Kier alpha value is -2.92. The van der Waals surface area contributed by atoms with Crippen molar-refractivity contribution in [2.75, 3.05) is 0 Å². The van der Waals surface area contributed by atoms with Crippen LogP contribution in [0.15, 0.2) is 81.9 Å². The topological polar surface area (TPSA) is 62.0 Å². The highest BCUT2D eigenvalue weighted by atomic mass is 32.2. The van der Waals surface area contributed by atoms with Crippen molar-refractivity contribution in [2.24, 2.45) is 10.2 Å². The normalized spacial score (nSPS) is 11.0. The maximum Gasteiger partial charge on any atom is 0.224 e. The number of thioether (sulfide) groups is 1. The van der Waals surface area contributed by atoms with Crippen LogP contribution in [0.4, 0.5) is 11.4 Å². The highest BCUT2D eigenvalue weighted by Gasteiger charge is 2.08. The summed E-state index contributed by atoms with van der Waals surface area (Å²) in [5, 5.41) is 18.2. The second-order valence-corrected chi connectivity index (χ2v) is 6.92. The third-order valence-corrected chi connectivity index (χ3v) is 4.74. The molecule has 0 atom stereocenters. The van der Waals surface area contributed by atoms with Gasteiger partial charge in [0.2, 0.25) is 5.12 Å². The molecule has 0 aromatic heterocycles. The molecule has 5 heteroatoms. The van der Waals surface area contributed by atoms with Crippen LogP contribution in [0.3, 0.4) is 0 Å². The van der Waals surface area contributed by atoms with Crippen LogP contribution in [0, 0.1) is 13.8 Å². The number of hydrogen-bond acceptors (Lipinski definition) is 5. The summed E-state index contributed by atoms with van der Waals surface area (Å²) in [6, 6.07) is 20.1. The average molecular weight is 362 g/mol. The molecular formula is C21H18N2O2S. The predicted molar refractivity (Wildman–Crippen MR) is 105 cm³/mol. The molecule has 3 aromatic rings. The van der Waals surface area contributed by atoms with E-state index in [1.807, 2.05) is 44.2 Å². The van der Waals surface area contributed by atoms with Gasteiger partial charge in [0.15, 0.2) is 0 Å². The molecule has 0 aliphatic rings. The molecule has 26 heavy (non-hydrogen) atoms. The number of azo groups is 1. The van der Waals surface area contributed by atoms with Gasteiger partial charge in [-0.2, -0.15) is 10.2 Å². The first-order valence-electron chi connectivity index (χ1n) is 8.12. The number of rotatable bonds is 4. The molecule has 0 unspecified atom stereocenters. The fraction of sp³-hybridized carbons (Fsp3) is 0.0952. The summed E-state index contributed by atoms with van der Waals surface area (Å²) in [4.78, 5) is 13.2. The molecule has 3 rings (SSSR count). The maximum absolute atomic E-state index is 12.3. The van der Waals surface area contributed by atoms with Gasteiger partial charge in [0.1, 0.15) is 5.75 Å². The Morgan fingerprint density at radius 2 is 1.42 bits per heavy atom. The highest BCUT2D eigenvalue weighted by molar-refractivity contribution is 8.14. The summed E-state index contributed by atoms with van der Waals surface area (Å²) < 4.78 is 0. The molecule has 1 N–H and O–H groups in total. The molecule has 0 amide bonds. The lowest BCUT2D eigenvalue weighted by atomic mass is 10.1. The first-order chi connectivity index (χ1) is 12.5. The minimum absolute atomic E-state index is 0.00975. The lowest BCUT2D eigenvalue weighted by molar-refractivity contribution is 0.108. The summed E-state index contributed by atoms with van der Waals surface area (Å²) in [5.74, 6) is 0.280. The van der Waals surface area contributed by atoms with Crippen molar-refractivity contribution in [2.45, 2.75) is 18.7 Å². The van der Waals surface area contributed by atoms with Crippen molar-refractivity contribution in [1.82, 2.24) is 0 Å². The molecule has 0 aliphatic carbocycles. The van der Waals surface area contributed by atoms with Crippen molar-refractivity contribution in [3.8, 4) is 5.75 Å². The van der Waals surface area contributed by atoms with Crippen LogP contribution < -0.4 is 0 Å². The van der Waals surface area contributed by atoms with Gasteiger partial charge in [-0.1, -0.05) is 18.2 Å². The molecule has 130 valence electrons. The van der Waals surface area contributed by atoms with Crippen LogP contribution in [-0.4, -0.2) is 10.2 Å². The lowest BCUT2D eigenvalue weighted by Gasteiger charge is -2.04. The third kappa shape index (κ3) is 4.37. The SMILES string of the molecule is Cc1cc(/N=N/c2ccc(C(=O)Sc3ccccc3)cc2)cc(C)c1O. The van der Waals surface area contributed by atoms with Crippen LogP contribution >= 0.6 is 11.8 Å². The van der Waals surface area contributed by atoms with Gasteiger partial charge < -0.3 is 5.11 Å². The Labute approximate surface area is 156 Å². The fourth-order valence-corrected chi connectivity index (χ4v) is 3.19. The van der Waals surface area contributed by atoms with Crippen molar-refractivity contribution >= 4 is 28.3 Å². The number of aryl methyl sites for hydroxylation is 2. The average Bonchev–Trinajstić information content (AvgIpc) is 2.65. The minimum Gasteiger partial charge on any atom is -0.507 e. The molecule has 0 heterocycles. The predicted octanol–water partition coefficient (Wildman–Crippen LogP) is 6.36. The first kappa shape index (κ1) is 17.9. The fourth-order valence-electron chi connectivity index (χ4n) is 2.42. The van der Waals surface area contributed by atoms with Crippen LogP contribution in [0.1, 0.15) is 21.5 Å². The van der Waals surface area contributed by atoms with E-state index in [0.717, 1.165) is 16.0 Å². The van der Waals surface area contributed by atoms with Gasteiger partial charge >= 0.3 is 0 Å². The van der Waals surface area contributed by atoms with Gasteiger partial charge in [0.05, 0.1) is 11.4 Å². The summed E-state index contributed by atoms with van der Waals surface area (Å²) in [7, 11) is 0. The molecule has 0 saturated carbocycles. The summed E-state index contributed by atoms with van der Waals surface area (Å²) in [6.45, 7) is 3.65. The number of nitrogens with zero attached hydrogens (tertiary/aromatic N) is 2. The van der Waals surface area contributed by atoms with E-state index >= 15 is 0 Å². The van der Waals surface area contributed by atoms with E-state index < -0.39 is 0 Å². The number of phenols is 1. The summed E-state index contributed by atoms with van der Waals surface area (Å²) in [6.07, 6.45) is 0. The molecular weight excluding hydrogens is 344 g/mol. The Morgan fingerprint density at radius 1 is 0.846 bits per heavy atom. The molecule has 0 fully saturated rings. The van der Waals surface area contributed by atoms with Crippen LogP contribution in [0.25, 0.3) is 0 Å². The Morgan fingerprint density at radius 3 is 2.04 bits per heavy atom. The van der Waals surface area contributed by atoms with Crippen molar-refractivity contribution in [1.29, 1.82) is 0 Å². The van der Waals surface area contributed by atoms with E-state index in [-0.39, 0.29) is 10.9 Å². The van der Waals surface area contributed by atoms with Crippen LogP contribution in [-0.2, 0) is 0 Å². The summed E-state index contributed by atoms with van der Waals surface area (Å²) >= 11 is 1.20. The van der Waals surface area contributed by atoms with Crippen LogP contribution in [0.2, 0.25) is 0 Å². The number of carbonyl (C=O) groups excluding carboxylic acids is 1. The van der Waals surface area contributed by atoms with Crippen molar-refractivity contribution in [3.05, 3.63) is 83.4 Å². The van der Waals surface area contributed by atoms with Crippen molar-refractivity contribution in [3.63, 3.8) is 0 Å². The van der Waals surface area contributed by atoms with E-state index in [2.05, 4.69) is 10.2 Å². The number of carbonyl (C=O) groups is 1. The van der Waals surface area contributed by atoms with E-state index in [4.69, 9.17) is 0 Å².